The fraction of sp³-hybridized carbons (Fsp3) is 0.500. The van der Waals surface area contributed by atoms with Crippen molar-refractivity contribution in [3.8, 4) is 5.75 Å². The molecule has 0 unspecified atom stereocenters. The van der Waals surface area contributed by atoms with E-state index in [9.17, 15) is 9.18 Å². The summed E-state index contributed by atoms with van der Waals surface area (Å²) in [6, 6.07) is 7.90. The number of piperazine rings is 1. The molecule has 8 heteroatoms. The number of benzene rings is 1. The SMILES string of the molecule is Cc1cc(CN2CCN(C(=O)NCCCCOc3ccc(F)cc3)CC2)on1. The Balaban J connectivity index is 1.25. The fourth-order valence-electron chi connectivity index (χ4n) is 3.08. The van der Waals surface area contributed by atoms with Gasteiger partial charge in [0, 0.05) is 38.8 Å². The lowest BCUT2D eigenvalue weighted by molar-refractivity contribution is 0.128. The number of rotatable bonds is 8. The van der Waals surface area contributed by atoms with Gasteiger partial charge in [-0.25, -0.2) is 9.18 Å². The van der Waals surface area contributed by atoms with Crippen LogP contribution in [0.25, 0.3) is 0 Å². The largest absolute Gasteiger partial charge is 0.494 e. The van der Waals surface area contributed by atoms with Crippen molar-refractivity contribution in [3.63, 3.8) is 0 Å². The van der Waals surface area contributed by atoms with Crippen molar-refractivity contribution >= 4 is 6.03 Å². The molecule has 152 valence electrons. The smallest absolute Gasteiger partial charge is 0.317 e. The molecule has 0 saturated carbocycles. The van der Waals surface area contributed by atoms with E-state index in [2.05, 4.69) is 15.4 Å². The Labute approximate surface area is 164 Å². The number of carbonyl (C=O) groups is 1. The Kier molecular flexibility index (Phi) is 7.25. The Morgan fingerprint density at radius 1 is 1.21 bits per heavy atom. The summed E-state index contributed by atoms with van der Waals surface area (Å²) in [7, 11) is 0. The fourth-order valence-corrected chi connectivity index (χ4v) is 3.08. The molecule has 3 rings (SSSR count). The Morgan fingerprint density at radius 3 is 2.64 bits per heavy atom. The number of ether oxygens (including phenoxy) is 1. The van der Waals surface area contributed by atoms with Gasteiger partial charge in [-0.3, -0.25) is 4.90 Å². The molecular weight excluding hydrogens is 363 g/mol. The zero-order valence-corrected chi connectivity index (χ0v) is 16.2. The summed E-state index contributed by atoms with van der Waals surface area (Å²) in [5.74, 6) is 1.24. The maximum Gasteiger partial charge on any atom is 0.317 e. The van der Waals surface area contributed by atoms with Crippen molar-refractivity contribution in [1.82, 2.24) is 20.3 Å². The monoisotopic (exact) mass is 390 g/mol. The van der Waals surface area contributed by atoms with Crippen LogP contribution < -0.4 is 10.1 Å². The van der Waals surface area contributed by atoms with E-state index >= 15 is 0 Å². The van der Waals surface area contributed by atoms with Crippen LogP contribution in [-0.2, 0) is 6.54 Å². The van der Waals surface area contributed by atoms with E-state index in [1.807, 2.05) is 17.9 Å². The number of nitrogens with one attached hydrogen (secondary N) is 1. The lowest BCUT2D eigenvalue weighted by Crippen LogP contribution is -2.51. The number of amides is 2. The van der Waals surface area contributed by atoms with Crippen LogP contribution in [-0.4, -0.2) is 60.3 Å². The standard InChI is InChI=1S/C20H27FN4O3/c1-16-14-19(28-23-16)15-24-9-11-25(12-10-24)20(26)22-8-2-3-13-27-18-6-4-17(21)5-7-18/h4-7,14H,2-3,8-13,15H2,1H3,(H,22,26). The van der Waals surface area contributed by atoms with Gasteiger partial charge in [0.05, 0.1) is 18.8 Å². The number of hydrogen-bond donors (Lipinski definition) is 1. The van der Waals surface area contributed by atoms with Crippen molar-refractivity contribution in [3.05, 3.63) is 47.6 Å². The highest BCUT2D eigenvalue weighted by Gasteiger charge is 2.21. The van der Waals surface area contributed by atoms with Crippen LogP contribution in [0.1, 0.15) is 24.3 Å². The first kappa shape index (κ1) is 20.1. The van der Waals surface area contributed by atoms with E-state index in [0.29, 0.717) is 32.0 Å². The van der Waals surface area contributed by atoms with Gasteiger partial charge in [-0.1, -0.05) is 5.16 Å². The molecule has 1 aliphatic rings. The quantitative estimate of drug-likeness (QED) is 0.702. The van der Waals surface area contributed by atoms with E-state index in [1.165, 1.54) is 12.1 Å². The lowest BCUT2D eigenvalue weighted by atomic mass is 10.3. The number of halogens is 1. The van der Waals surface area contributed by atoms with Gasteiger partial charge in [-0.05, 0) is 44.0 Å². The summed E-state index contributed by atoms with van der Waals surface area (Å²) >= 11 is 0. The molecule has 1 aromatic heterocycles. The molecule has 1 N–H and O–H groups in total. The first-order chi connectivity index (χ1) is 13.6. The number of hydrogen-bond acceptors (Lipinski definition) is 5. The first-order valence-corrected chi connectivity index (χ1v) is 9.66. The van der Waals surface area contributed by atoms with E-state index in [4.69, 9.17) is 9.26 Å². The normalized spacial score (nSPS) is 14.9. The van der Waals surface area contributed by atoms with Gasteiger partial charge < -0.3 is 19.5 Å². The molecule has 1 fully saturated rings. The zero-order valence-electron chi connectivity index (χ0n) is 16.2. The minimum absolute atomic E-state index is 0.0189. The molecule has 28 heavy (non-hydrogen) atoms. The number of carbonyl (C=O) groups excluding carboxylic acids is 1. The highest BCUT2D eigenvalue weighted by Crippen LogP contribution is 2.12. The van der Waals surface area contributed by atoms with Gasteiger partial charge in [0.2, 0.25) is 0 Å². The van der Waals surface area contributed by atoms with Crippen molar-refractivity contribution in [1.29, 1.82) is 0 Å². The molecule has 0 bridgehead atoms. The summed E-state index contributed by atoms with van der Waals surface area (Å²) in [4.78, 5) is 16.4. The second-order valence-corrected chi connectivity index (χ2v) is 6.94. The Morgan fingerprint density at radius 2 is 1.96 bits per heavy atom. The number of urea groups is 1. The van der Waals surface area contributed by atoms with Crippen LogP contribution in [0.2, 0.25) is 0 Å². The van der Waals surface area contributed by atoms with E-state index in [-0.39, 0.29) is 11.8 Å². The molecule has 0 aliphatic carbocycles. The van der Waals surface area contributed by atoms with Gasteiger partial charge in [0.25, 0.3) is 0 Å². The minimum Gasteiger partial charge on any atom is -0.494 e. The highest BCUT2D eigenvalue weighted by atomic mass is 19.1. The van der Waals surface area contributed by atoms with Crippen molar-refractivity contribution < 1.29 is 18.4 Å². The third-order valence-electron chi connectivity index (χ3n) is 4.65. The van der Waals surface area contributed by atoms with E-state index in [0.717, 1.165) is 43.9 Å². The van der Waals surface area contributed by atoms with Crippen LogP contribution >= 0.6 is 0 Å². The van der Waals surface area contributed by atoms with Crippen LogP contribution in [0, 0.1) is 12.7 Å². The minimum atomic E-state index is -0.274. The first-order valence-electron chi connectivity index (χ1n) is 9.66. The maximum atomic E-state index is 12.8. The molecule has 1 saturated heterocycles. The van der Waals surface area contributed by atoms with Crippen LogP contribution in [0.3, 0.4) is 0 Å². The second-order valence-electron chi connectivity index (χ2n) is 6.94. The van der Waals surface area contributed by atoms with Gasteiger partial charge in [-0.15, -0.1) is 0 Å². The van der Waals surface area contributed by atoms with Gasteiger partial charge in [0.15, 0.2) is 5.76 Å². The Bertz CT molecular complexity index is 742. The van der Waals surface area contributed by atoms with Crippen molar-refractivity contribution in [2.45, 2.75) is 26.3 Å². The average molecular weight is 390 g/mol. The Hall–Kier alpha value is -2.61. The van der Waals surface area contributed by atoms with Crippen molar-refractivity contribution in [2.75, 3.05) is 39.3 Å². The average Bonchev–Trinajstić information content (AvgIpc) is 3.11. The summed E-state index contributed by atoms with van der Waals surface area (Å²) in [6.07, 6.45) is 1.65. The third kappa shape index (κ3) is 6.23. The van der Waals surface area contributed by atoms with E-state index < -0.39 is 0 Å². The molecule has 2 heterocycles. The van der Waals surface area contributed by atoms with Gasteiger partial charge in [0.1, 0.15) is 11.6 Å². The molecule has 1 aliphatic heterocycles. The predicted molar refractivity (Wildman–Crippen MR) is 103 cm³/mol. The molecule has 0 spiro atoms. The third-order valence-corrected chi connectivity index (χ3v) is 4.65. The van der Waals surface area contributed by atoms with Crippen LogP contribution in [0.4, 0.5) is 9.18 Å². The molecule has 1 aromatic carbocycles. The number of aromatic nitrogens is 1. The summed E-state index contributed by atoms with van der Waals surface area (Å²) < 4.78 is 23.6. The lowest BCUT2D eigenvalue weighted by Gasteiger charge is -2.34. The predicted octanol–water partition coefficient (Wildman–Crippen LogP) is 2.81. The number of aryl methyl sites for hydroxylation is 1. The van der Waals surface area contributed by atoms with Gasteiger partial charge >= 0.3 is 6.03 Å². The number of unbranched alkanes of at least 4 members (excludes halogenated alkanes) is 1. The second kappa shape index (κ2) is 10.1. The molecule has 0 radical (unpaired) electrons. The summed E-state index contributed by atoms with van der Waals surface area (Å²) in [5, 5.41) is 6.86. The highest BCUT2D eigenvalue weighted by molar-refractivity contribution is 5.74. The van der Waals surface area contributed by atoms with E-state index in [1.54, 1.807) is 12.1 Å². The topological polar surface area (TPSA) is 70.8 Å². The molecule has 2 aromatic rings. The molecular formula is C20H27FN4O3. The summed E-state index contributed by atoms with van der Waals surface area (Å²) in [6.45, 7) is 6.83. The summed E-state index contributed by atoms with van der Waals surface area (Å²) in [5.41, 5.74) is 0.885. The van der Waals surface area contributed by atoms with Crippen LogP contribution in [0.5, 0.6) is 5.75 Å². The molecule has 7 nitrogen and oxygen atoms in total. The van der Waals surface area contributed by atoms with Crippen molar-refractivity contribution in [2.24, 2.45) is 0 Å². The van der Waals surface area contributed by atoms with Crippen LogP contribution in [0.15, 0.2) is 34.9 Å². The number of nitrogens with zero attached hydrogens (tertiary/aromatic N) is 3. The molecule has 0 atom stereocenters. The zero-order chi connectivity index (χ0) is 19.8. The van der Waals surface area contributed by atoms with Gasteiger partial charge in [-0.2, -0.15) is 0 Å². The maximum absolute atomic E-state index is 12.8. The molecule has 2 amide bonds.